The zero-order valence-corrected chi connectivity index (χ0v) is 15.1. The Kier molecular flexibility index (Phi) is 4.21. The summed E-state index contributed by atoms with van der Waals surface area (Å²) in [5.74, 6) is 0.818. The van der Waals surface area contributed by atoms with Gasteiger partial charge in [-0.05, 0) is 46.6 Å². The summed E-state index contributed by atoms with van der Waals surface area (Å²) >= 11 is 3.24. The molecule has 3 heterocycles. The minimum atomic E-state index is -0.192. The van der Waals surface area contributed by atoms with E-state index in [-0.39, 0.29) is 11.5 Å². The van der Waals surface area contributed by atoms with E-state index in [1.807, 2.05) is 30.6 Å². The normalized spacial score (nSPS) is 22.1. The highest BCUT2D eigenvalue weighted by atomic mass is 79.9. The van der Waals surface area contributed by atoms with Gasteiger partial charge in [0.25, 0.3) is 0 Å². The van der Waals surface area contributed by atoms with Crippen LogP contribution in [-0.2, 0) is 0 Å². The molecule has 0 radical (unpaired) electrons. The third-order valence-electron chi connectivity index (χ3n) is 4.90. The smallest absolute Gasteiger partial charge is 0.191 e. The average molecular weight is 400 g/mol. The number of phenols is 1. The lowest BCUT2D eigenvalue weighted by Crippen LogP contribution is -2.44. The van der Waals surface area contributed by atoms with E-state index in [0.717, 1.165) is 25.3 Å². The van der Waals surface area contributed by atoms with Gasteiger partial charge >= 0.3 is 0 Å². The van der Waals surface area contributed by atoms with Gasteiger partial charge in [0.1, 0.15) is 11.6 Å². The highest BCUT2D eigenvalue weighted by Gasteiger charge is 2.42. The number of allylic oxidation sites excluding steroid dienone is 1. The third-order valence-corrected chi connectivity index (χ3v) is 5.54. The maximum atomic E-state index is 12.4. The van der Waals surface area contributed by atoms with E-state index in [9.17, 15) is 9.90 Å². The number of likely N-dealkylation sites (tertiary alicyclic amines) is 1. The summed E-state index contributed by atoms with van der Waals surface area (Å²) in [4.78, 5) is 21.4. The van der Waals surface area contributed by atoms with Gasteiger partial charge in [0.2, 0.25) is 0 Å². The molecular weight excluding hydrogens is 382 g/mol. The standard InChI is InChI=1S/C19H18BrN3O2/c20-16-5-3-4-15(19(16)25)17(24)7-9-22-11-14-10-13(22)12-23(14)18-6-1-2-8-21-18/h1-9,13-14,25H,10-12H2/b9-7+/t13-,14-/m1/s1. The van der Waals surface area contributed by atoms with Crippen LogP contribution in [-0.4, -0.2) is 45.9 Å². The number of hydrogen-bond acceptors (Lipinski definition) is 5. The van der Waals surface area contributed by atoms with Crippen molar-refractivity contribution < 1.29 is 9.90 Å². The van der Waals surface area contributed by atoms with Crippen molar-refractivity contribution in [2.45, 2.75) is 18.5 Å². The number of nitrogens with zero attached hydrogens (tertiary/aromatic N) is 3. The molecule has 0 amide bonds. The minimum absolute atomic E-state index is 0.0126. The Bertz CT molecular complexity index is 825. The highest BCUT2D eigenvalue weighted by Crippen LogP contribution is 2.34. The average Bonchev–Trinajstić information content (AvgIpc) is 3.23. The first-order valence-electron chi connectivity index (χ1n) is 8.27. The topological polar surface area (TPSA) is 56.7 Å². The summed E-state index contributed by atoms with van der Waals surface area (Å²) < 4.78 is 0.526. The molecule has 2 aliphatic rings. The van der Waals surface area contributed by atoms with Crippen molar-refractivity contribution in [2.24, 2.45) is 0 Å². The lowest BCUT2D eigenvalue weighted by Gasteiger charge is -2.34. The second kappa shape index (κ2) is 6.52. The van der Waals surface area contributed by atoms with Crippen LogP contribution >= 0.6 is 15.9 Å². The predicted octanol–water partition coefficient (Wildman–Crippen LogP) is 3.21. The quantitative estimate of drug-likeness (QED) is 0.631. The van der Waals surface area contributed by atoms with Gasteiger partial charge in [0.05, 0.1) is 10.0 Å². The molecular formula is C19H18BrN3O2. The van der Waals surface area contributed by atoms with Crippen LogP contribution in [0.3, 0.4) is 0 Å². The zero-order valence-electron chi connectivity index (χ0n) is 13.5. The summed E-state index contributed by atoms with van der Waals surface area (Å²) in [6.45, 7) is 1.80. The van der Waals surface area contributed by atoms with E-state index in [4.69, 9.17) is 0 Å². The number of rotatable bonds is 4. The summed E-state index contributed by atoms with van der Waals surface area (Å²) in [7, 11) is 0. The van der Waals surface area contributed by atoms with Gasteiger partial charge in [-0.2, -0.15) is 0 Å². The first-order chi connectivity index (χ1) is 12.1. The Hall–Kier alpha value is -2.34. The van der Waals surface area contributed by atoms with Gasteiger partial charge in [0, 0.05) is 43.6 Å². The number of carbonyl (C=O) groups excluding carboxylic acids is 1. The number of fused-ring (bicyclic) bond motifs is 2. The number of para-hydroxylation sites is 1. The van der Waals surface area contributed by atoms with Crippen LogP contribution in [0, 0.1) is 0 Å². The van der Waals surface area contributed by atoms with Crippen LogP contribution in [0.15, 0.2) is 59.3 Å². The summed E-state index contributed by atoms with van der Waals surface area (Å²) in [6.07, 6.45) is 6.32. The Morgan fingerprint density at radius 3 is 2.80 bits per heavy atom. The molecule has 2 aromatic rings. The van der Waals surface area contributed by atoms with E-state index in [1.165, 1.54) is 0 Å². The number of hydrogen-bond donors (Lipinski definition) is 1. The zero-order chi connectivity index (χ0) is 17.4. The number of pyridine rings is 1. The maximum absolute atomic E-state index is 12.4. The van der Waals surface area contributed by atoms with Crippen molar-refractivity contribution in [3.8, 4) is 5.75 Å². The molecule has 0 spiro atoms. The molecule has 4 rings (SSSR count). The SMILES string of the molecule is O=C(/C=C/N1C[C@H]2C[C@@H]1CN2c1ccccn1)c1cccc(Br)c1O. The molecule has 1 aromatic heterocycles. The minimum Gasteiger partial charge on any atom is -0.506 e. The molecule has 1 aromatic carbocycles. The van der Waals surface area contributed by atoms with E-state index < -0.39 is 0 Å². The fourth-order valence-electron chi connectivity index (χ4n) is 3.65. The van der Waals surface area contributed by atoms with Gasteiger partial charge in [-0.1, -0.05) is 12.1 Å². The molecule has 6 heteroatoms. The van der Waals surface area contributed by atoms with Crippen molar-refractivity contribution in [3.63, 3.8) is 0 Å². The summed E-state index contributed by atoms with van der Waals surface area (Å²) in [5, 5.41) is 10.00. The van der Waals surface area contributed by atoms with E-state index in [2.05, 4.69) is 30.7 Å². The number of phenolic OH excluding ortho intramolecular Hbond substituents is 1. The summed E-state index contributed by atoms with van der Waals surface area (Å²) in [5.41, 5.74) is 0.310. The van der Waals surface area contributed by atoms with Gasteiger partial charge < -0.3 is 14.9 Å². The van der Waals surface area contributed by atoms with Gasteiger partial charge in [-0.15, -0.1) is 0 Å². The van der Waals surface area contributed by atoms with E-state index in [1.54, 1.807) is 24.3 Å². The molecule has 5 nitrogen and oxygen atoms in total. The molecule has 2 aliphatic heterocycles. The Labute approximate surface area is 154 Å². The molecule has 2 saturated heterocycles. The summed E-state index contributed by atoms with van der Waals surface area (Å²) in [6, 6.07) is 11.9. The fraction of sp³-hybridized carbons (Fsp3) is 0.263. The second-order valence-electron chi connectivity index (χ2n) is 6.40. The van der Waals surface area contributed by atoms with Crippen molar-refractivity contribution >= 4 is 27.5 Å². The monoisotopic (exact) mass is 399 g/mol. The van der Waals surface area contributed by atoms with Crippen molar-refractivity contribution in [1.29, 1.82) is 0 Å². The lowest BCUT2D eigenvalue weighted by atomic mass is 10.1. The van der Waals surface area contributed by atoms with Crippen LogP contribution < -0.4 is 4.90 Å². The van der Waals surface area contributed by atoms with Crippen molar-refractivity contribution in [2.75, 3.05) is 18.0 Å². The third kappa shape index (κ3) is 3.02. The second-order valence-corrected chi connectivity index (χ2v) is 7.25. The van der Waals surface area contributed by atoms with Gasteiger partial charge in [-0.25, -0.2) is 4.98 Å². The molecule has 128 valence electrons. The largest absolute Gasteiger partial charge is 0.506 e. The number of benzene rings is 1. The molecule has 0 aliphatic carbocycles. The number of anilines is 1. The molecule has 0 unspecified atom stereocenters. The van der Waals surface area contributed by atoms with Crippen molar-refractivity contribution in [3.05, 3.63) is 64.9 Å². The fourth-order valence-corrected chi connectivity index (χ4v) is 4.02. The number of piperazine rings is 1. The van der Waals surface area contributed by atoms with Gasteiger partial charge in [-0.3, -0.25) is 4.79 Å². The number of halogens is 1. The molecule has 0 saturated carbocycles. The molecule has 2 atom stereocenters. The lowest BCUT2D eigenvalue weighted by molar-refractivity contribution is 0.104. The molecule has 2 fully saturated rings. The first kappa shape index (κ1) is 16.1. The van der Waals surface area contributed by atoms with E-state index in [0.29, 0.717) is 22.1 Å². The predicted molar refractivity (Wildman–Crippen MR) is 99.8 cm³/mol. The molecule has 25 heavy (non-hydrogen) atoms. The van der Waals surface area contributed by atoms with Gasteiger partial charge in [0.15, 0.2) is 5.78 Å². The Morgan fingerprint density at radius 2 is 2.08 bits per heavy atom. The first-order valence-corrected chi connectivity index (χ1v) is 9.06. The van der Waals surface area contributed by atoms with Crippen LogP contribution in [0.25, 0.3) is 0 Å². The van der Waals surface area contributed by atoms with Crippen LogP contribution in [0.5, 0.6) is 5.75 Å². The number of ketones is 1. The van der Waals surface area contributed by atoms with Crippen LogP contribution in [0.2, 0.25) is 0 Å². The van der Waals surface area contributed by atoms with Crippen molar-refractivity contribution in [1.82, 2.24) is 9.88 Å². The van der Waals surface area contributed by atoms with Crippen LogP contribution in [0.1, 0.15) is 16.8 Å². The maximum Gasteiger partial charge on any atom is 0.191 e. The number of aromatic hydroxyl groups is 1. The number of aromatic nitrogens is 1. The Morgan fingerprint density at radius 1 is 1.20 bits per heavy atom. The van der Waals surface area contributed by atoms with Crippen LogP contribution in [0.4, 0.5) is 5.82 Å². The molecule has 2 bridgehead atoms. The number of carbonyl (C=O) groups is 1. The molecule has 1 N–H and O–H groups in total. The Balaban J connectivity index is 1.43. The highest BCUT2D eigenvalue weighted by molar-refractivity contribution is 9.10. The van der Waals surface area contributed by atoms with E-state index >= 15 is 0 Å².